The molecule has 0 saturated carbocycles. The van der Waals surface area contributed by atoms with E-state index in [4.69, 9.17) is 25.2 Å². The van der Waals surface area contributed by atoms with E-state index < -0.39 is 54.9 Å². The number of rotatable bonds is 5. The van der Waals surface area contributed by atoms with Crippen molar-refractivity contribution in [3.63, 3.8) is 0 Å². The highest BCUT2D eigenvalue weighted by Gasteiger charge is 2.45. The Morgan fingerprint density at radius 2 is 1.96 bits per heavy atom. The number of aromatic nitrogens is 1. The van der Waals surface area contributed by atoms with Gasteiger partial charge in [0.05, 0.1) is 18.4 Å². The molecule has 1 aromatic heterocycles. The third kappa shape index (κ3) is 3.44. The van der Waals surface area contributed by atoms with Gasteiger partial charge in [-0.2, -0.15) is 4.74 Å². The van der Waals surface area contributed by atoms with Crippen LogP contribution in [-0.2, 0) is 16.0 Å². The van der Waals surface area contributed by atoms with Crippen molar-refractivity contribution < 1.29 is 39.6 Å². The topological polar surface area (TPSA) is 189 Å². The van der Waals surface area contributed by atoms with Crippen molar-refractivity contribution in [1.82, 2.24) is 4.74 Å². The van der Waals surface area contributed by atoms with Crippen LogP contribution < -0.4 is 11.4 Å². The molecule has 2 heterocycles. The van der Waals surface area contributed by atoms with E-state index in [1.165, 1.54) is 0 Å². The second-order valence-corrected chi connectivity index (χ2v) is 5.26. The predicted octanol–water partition coefficient (Wildman–Crippen LogP) is -3.63. The predicted molar refractivity (Wildman–Crippen MR) is 71.3 cm³/mol. The van der Waals surface area contributed by atoms with Gasteiger partial charge >= 0.3 is 11.6 Å². The number of hydrogen-bond donors (Lipinski definition) is 6. The largest absolute Gasteiger partial charge is 0.480 e. The molecule has 2 rings (SSSR count). The summed E-state index contributed by atoms with van der Waals surface area (Å²) in [6.45, 7) is -0.635. The third-order valence-corrected chi connectivity index (χ3v) is 3.61. The Hall–Kier alpha value is -1.76. The van der Waals surface area contributed by atoms with E-state index in [2.05, 4.69) is 0 Å². The fourth-order valence-corrected chi connectivity index (χ4v) is 2.26. The van der Waals surface area contributed by atoms with Crippen molar-refractivity contribution >= 4 is 5.97 Å². The molecule has 1 fully saturated rings. The molecule has 0 radical (unpaired) electrons. The number of nitrogens with zero attached hydrogens (tertiary/aromatic N) is 1. The molecule has 23 heavy (non-hydrogen) atoms. The van der Waals surface area contributed by atoms with Gasteiger partial charge in [-0.25, -0.2) is 4.79 Å². The lowest BCUT2D eigenvalue weighted by molar-refractivity contribution is -0.264. The highest BCUT2D eigenvalue weighted by atomic mass is 16.6. The zero-order valence-electron chi connectivity index (χ0n) is 11.8. The van der Waals surface area contributed by atoms with Crippen LogP contribution in [0.2, 0.25) is 0 Å². The van der Waals surface area contributed by atoms with Gasteiger partial charge in [0.15, 0.2) is 6.23 Å². The number of aliphatic hydroxyl groups excluding tert-OH is 4. The highest BCUT2D eigenvalue weighted by Crippen LogP contribution is 2.28. The molecular weight excluding hydrogens is 316 g/mol. The lowest BCUT2D eigenvalue weighted by Gasteiger charge is -2.39. The lowest BCUT2D eigenvalue weighted by Crippen LogP contribution is -2.56. The van der Waals surface area contributed by atoms with Crippen LogP contribution in [0, 0.1) is 0 Å². The molecule has 1 aliphatic heterocycles. The highest BCUT2D eigenvalue weighted by molar-refractivity contribution is 5.73. The average Bonchev–Trinajstić information content (AvgIpc) is 2.86. The SMILES string of the molecule is N[C@@H](Cc1cn([C@@H]2O[C@H](CO)[C@@H](O)[C@@H](O)[C@H]2O)oc1=O)C(=O)O. The zero-order valence-corrected chi connectivity index (χ0v) is 11.8. The maximum atomic E-state index is 11.7. The van der Waals surface area contributed by atoms with Gasteiger partial charge in [-0.3, -0.25) is 4.79 Å². The molecule has 0 bridgehead atoms. The van der Waals surface area contributed by atoms with Crippen molar-refractivity contribution in [2.24, 2.45) is 5.73 Å². The van der Waals surface area contributed by atoms with Crippen LogP contribution in [0.3, 0.4) is 0 Å². The average molecular weight is 334 g/mol. The van der Waals surface area contributed by atoms with E-state index >= 15 is 0 Å². The molecule has 0 spiro atoms. The van der Waals surface area contributed by atoms with Gasteiger partial charge in [0.25, 0.3) is 0 Å². The molecule has 1 aliphatic rings. The molecule has 0 amide bonds. The normalized spacial score (nSPS) is 32.7. The molecule has 11 heteroatoms. The van der Waals surface area contributed by atoms with Crippen LogP contribution >= 0.6 is 0 Å². The summed E-state index contributed by atoms with van der Waals surface area (Å²) in [4.78, 5) is 22.4. The zero-order chi connectivity index (χ0) is 17.3. The Labute approximate surface area is 129 Å². The number of carboxylic acid groups (broad SMARTS) is 1. The van der Waals surface area contributed by atoms with E-state index in [0.29, 0.717) is 0 Å². The number of aliphatic hydroxyl groups is 4. The summed E-state index contributed by atoms with van der Waals surface area (Å²) in [6, 6.07) is -1.32. The van der Waals surface area contributed by atoms with Crippen LogP contribution in [0.4, 0.5) is 0 Å². The monoisotopic (exact) mass is 334 g/mol. The molecular formula is C12H18N2O9. The molecule has 7 N–H and O–H groups in total. The van der Waals surface area contributed by atoms with Crippen LogP contribution in [0.25, 0.3) is 0 Å². The first kappa shape index (κ1) is 17.6. The minimum absolute atomic E-state index is 0.0585. The van der Waals surface area contributed by atoms with Gasteiger partial charge in [-0.1, -0.05) is 0 Å². The summed E-state index contributed by atoms with van der Waals surface area (Å²) in [5.74, 6) is -1.30. The second kappa shape index (κ2) is 6.78. The summed E-state index contributed by atoms with van der Waals surface area (Å²) < 4.78 is 10.8. The number of nitrogens with two attached hydrogens (primary N) is 1. The van der Waals surface area contributed by atoms with Gasteiger partial charge in [-0.05, 0) is 0 Å². The molecule has 11 nitrogen and oxygen atoms in total. The van der Waals surface area contributed by atoms with Gasteiger partial charge < -0.3 is 40.5 Å². The Bertz CT molecular complexity index is 610. The van der Waals surface area contributed by atoms with Crippen molar-refractivity contribution in [2.75, 3.05) is 6.61 Å². The number of aliphatic carboxylic acids is 1. The van der Waals surface area contributed by atoms with Crippen LogP contribution in [-0.4, -0.2) is 73.3 Å². The maximum absolute atomic E-state index is 11.7. The molecule has 0 unspecified atom stereocenters. The first-order chi connectivity index (χ1) is 10.8. The van der Waals surface area contributed by atoms with E-state index in [-0.39, 0.29) is 12.0 Å². The van der Waals surface area contributed by atoms with Crippen molar-refractivity contribution in [1.29, 1.82) is 0 Å². The number of carbonyl (C=O) groups is 1. The molecule has 1 saturated heterocycles. The van der Waals surface area contributed by atoms with Gasteiger partial charge in [0, 0.05) is 6.42 Å². The summed E-state index contributed by atoms with van der Waals surface area (Å²) >= 11 is 0. The van der Waals surface area contributed by atoms with E-state index in [9.17, 15) is 24.9 Å². The minimum atomic E-state index is -1.64. The minimum Gasteiger partial charge on any atom is -0.480 e. The van der Waals surface area contributed by atoms with Crippen LogP contribution in [0.15, 0.2) is 15.5 Å². The van der Waals surface area contributed by atoms with Crippen LogP contribution in [0.5, 0.6) is 0 Å². The van der Waals surface area contributed by atoms with E-state index in [1.54, 1.807) is 0 Å². The van der Waals surface area contributed by atoms with Crippen molar-refractivity contribution in [3.8, 4) is 0 Å². The number of ether oxygens (including phenoxy) is 1. The third-order valence-electron chi connectivity index (χ3n) is 3.61. The fraction of sp³-hybridized carbons (Fsp3) is 0.667. The second-order valence-electron chi connectivity index (χ2n) is 5.26. The quantitative estimate of drug-likeness (QED) is 0.313. The van der Waals surface area contributed by atoms with Gasteiger partial charge in [0.2, 0.25) is 0 Å². The number of carboxylic acids is 1. The number of hydrogen-bond acceptors (Lipinski definition) is 9. The Balaban J connectivity index is 2.24. The van der Waals surface area contributed by atoms with Crippen molar-refractivity contribution in [3.05, 3.63) is 22.2 Å². The first-order valence-electron chi connectivity index (χ1n) is 6.76. The Kier molecular flexibility index (Phi) is 5.19. The van der Waals surface area contributed by atoms with Gasteiger partial charge in [-0.15, -0.1) is 0 Å². The van der Waals surface area contributed by atoms with Gasteiger partial charge in [0.1, 0.15) is 30.5 Å². The smallest absolute Gasteiger partial charge is 0.360 e. The summed E-state index contributed by atoms with van der Waals surface area (Å²) in [5, 5.41) is 47.2. The van der Waals surface area contributed by atoms with E-state index in [1.807, 2.05) is 0 Å². The van der Waals surface area contributed by atoms with Crippen molar-refractivity contribution in [2.45, 2.75) is 43.1 Å². The lowest BCUT2D eigenvalue weighted by atomic mass is 9.98. The van der Waals surface area contributed by atoms with E-state index in [0.717, 1.165) is 10.9 Å². The summed E-state index contributed by atoms with van der Waals surface area (Å²) in [5.41, 5.74) is 4.41. The molecule has 0 aromatic carbocycles. The molecule has 6 atom stereocenters. The first-order valence-corrected chi connectivity index (χ1v) is 6.76. The Morgan fingerprint density at radius 3 is 2.52 bits per heavy atom. The molecule has 130 valence electrons. The summed E-state index contributed by atoms with van der Waals surface area (Å²) in [7, 11) is 0. The molecule has 0 aliphatic carbocycles. The van der Waals surface area contributed by atoms with Crippen LogP contribution in [0.1, 0.15) is 11.8 Å². The Morgan fingerprint density at radius 1 is 1.30 bits per heavy atom. The maximum Gasteiger partial charge on any atom is 0.360 e. The summed E-state index contributed by atoms with van der Waals surface area (Å²) in [6.07, 6.45) is -6.58. The fourth-order valence-electron chi connectivity index (χ4n) is 2.26. The molecule has 1 aromatic rings. The standard InChI is InChI=1S/C12H18N2O9/c13-5(11(19)20)1-4-2-14(23-12(4)21)10-9(18)8(17)7(16)6(3-15)22-10/h2,5-10,15-18H,1,3,13H2,(H,19,20)/t5-,6+,7+,8+,9+,10+/m0/s1.